The van der Waals surface area contributed by atoms with E-state index in [4.69, 9.17) is 13.1 Å². The summed E-state index contributed by atoms with van der Waals surface area (Å²) in [5.74, 6) is -0.928. The molecule has 0 aromatic heterocycles. The van der Waals surface area contributed by atoms with E-state index in [2.05, 4.69) is 0 Å². The van der Waals surface area contributed by atoms with Crippen LogP contribution in [0.4, 0.5) is 0 Å². The van der Waals surface area contributed by atoms with Crippen molar-refractivity contribution >= 4 is 26.2 Å². The van der Waals surface area contributed by atoms with E-state index in [1.807, 2.05) is 0 Å². The molecule has 0 spiro atoms. The number of carbonyl (C=O) groups is 1. The predicted molar refractivity (Wildman–Crippen MR) is 99.3 cm³/mol. The fraction of sp³-hybridized carbons (Fsp3) is 0.278. The zero-order valence-electron chi connectivity index (χ0n) is 15.1. The lowest BCUT2D eigenvalue weighted by atomic mass is 10.3. The predicted octanol–water partition coefficient (Wildman–Crippen LogP) is 2.12. The molecule has 1 atom stereocenters. The minimum absolute atomic E-state index is 0.00719. The summed E-state index contributed by atoms with van der Waals surface area (Å²) in [6.07, 6.45) is -1.88. The van der Waals surface area contributed by atoms with Crippen LogP contribution in [0.25, 0.3) is 0 Å². The molecule has 152 valence electrons. The number of carbonyl (C=O) groups excluding carboxylic acids is 1. The van der Waals surface area contributed by atoms with E-state index in [0.29, 0.717) is 0 Å². The van der Waals surface area contributed by atoms with Crippen molar-refractivity contribution in [3.8, 4) is 0 Å². The summed E-state index contributed by atoms with van der Waals surface area (Å²) in [6.45, 7) is 1.09. The molecule has 0 fully saturated rings. The Morgan fingerprint density at radius 2 is 1.36 bits per heavy atom. The Hall–Kier alpha value is -2.27. The molecule has 0 aliphatic carbocycles. The molecule has 2 rings (SSSR count). The van der Waals surface area contributed by atoms with E-state index in [0.717, 1.165) is 0 Å². The monoisotopic (exact) mass is 428 g/mol. The molecule has 0 radical (unpaired) electrons. The van der Waals surface area contributed by atoms with Gasteiger partial charge in [0.1, 0.15) is 0 Å². The molecular formula is C18H20O8S2. The maximum absolute atomic E-state index is 12.3. The molecule has 0 N–H and O–H groups in total. The SMILES string of the molecule is CCOC(=O)C(CCOS(=O)(=O)c1ccccc1)OS(=O)(=O)c1ccccc1. The van der Waals surface area contributed by atoms with Crippen LogP contribution in [-0.4, -0.2) is 42.1 Å². The van der Waals surface area contributed by atoms with Gasteiger partial charge in [-0.2, -0.15) is 16.8 Å². The number of rotatable bonds is 10. The average Bonchev–Trinajstić information content (AvgIpc) is 2.68. The molecular weight excluding hydrogens is 408 g/mol. The summed E-state index contributed by atoms with van der Waals surface area (Å²) in [7, 11) is -8.29. The summed E-state index contributed by atoms with van der Waals surface area (Å²) in [5.41, 5.74) is 0. The molecule has 2 aromatic carbocycles. The molecule has 10 heteroatoms. The van der Waals surface area contributed by atoms with Crippen LogP contribution in [0, 0.1) is 0 Å². The molecule has 0 saturated heterocycles. The third-order valence-corrected chi connectivity index (χ3v) is 6.14. The average molecular weight is 428 g/mol. The van der Waals surface area contributed by atoms with E-state index in [-0.39, 0.29) is 22.8 Å². The van der Waals surface area contributed by atoms with Crippen molar-refractivity contribution < 1.29 is 34.7 Å². The Kier molecular flexibility index (Phi) is 7.69. The number of benzene rings is 2. The maximum Gasteiger partial charge on any atom is 0.336 e. The first-order valence-corrected chi connectivity index (χ1v) is 11.2. The van der Waals surface area contributed by atoms with Gasteiger partial charge in [0.25, 0.3) is 20.2 Å². The van der Waals surface area contributed by atoms with E-state index in [1.54, 1.807) is 19.1 Å². The van der Waals surface area contributed by atoms with Crippen LogP contribution in [0.3, 0.4) is 0 Å². The van der Waals surface area contributed by atoms with Gasteiger partial charge in [0.05, 0.1) is 23.0 Å². The highest BCUT2D eigenvalue weighted by atomic mass is 32.2. The Morgan fingerprint density at radius 1 is 0.857 bits per heavy atom. The van der Waals surface area contributed by atoms with Gasteiger partial charge in [-0.3, -0.25) is 8.37 Å². The molecule has 0 aliphatic heterocycles. The topological polar surface area (TPSA) is 113 Å². The van der Waals surface area contributed by atoms with Crippen LogP contribution < -0.4 is 0 Å². The Labute approximate surface area is 164 Å². The molecule has 0 bridgehead atoms. The molecule has 8 nitrogen and oxygen atoms in total. The van der Waals surface area contributed by atoms with E-state index in [9.17, 15) is 21.6 Å². The molecule has 0 saturated carbocycles. The van der Waals surface area contributed by atoms with Crippen molar-refractivity contribution in [3.63, 3.8) is 0 Å². The zero-order chi connectivity index (χ0) is 20.6. The molecule has 0 heterocycles. The first-order valence-electron chi connectivity index (χ1n) is 8.35. The van der Waals surface area contributed by atoms with Crippen LogP contribution in [0.2, 0.25) is 0 Å². The van der Waals surface area contributed by atoms with E-state index >= 15 is 0 Å². The van der Waals surface area contributed by atoms with Gasteiger partial charge in [-0.15, -0.1) is 0 Å². The normalized spacial score (nSPS) is 13.0. The second kappa shape index (κ2) is 9.78. The minimum Gasteiger partial charge on any atom is -0.464 e. The fourth-order valence-electron chi connectivity index (χ4n) is 2.16. The summed E-state index contributed by atoms with van der Waals surface area (Å²) < 4.78 is 63.6. The first kappa shape index (κ1) is 22.0. The third kappa shape index (κ3) is 6.13. The van der Waals surface area contributed by atoms with Gasteiger partial charge in [0, 0.05) is 6.42 Å². The van der Waals surface area contributed by atoms with E-state index in [1.165, 1.54) is 48.5 Å². The van der Waals surface area contributed by atoms with Gasteiger partial charge in [0.2, 0.25) is 0 Å². The van der Waals surface area contributed by atoms with Crippen LogP contribution in [-0.2, 0) is 38.1 Å². The van der Waals surface area contributed by atoms with Gasteiger partial charge in [0.15, 0.2) is 6.10 Å². The van der Waals surface area contributed by atoms with Crippen molar-refractivity contribution in [2.45, 2.75) is 29.2 Å². The van der Waals surface area contributed by atoms with Crippen LogP contribution in [0.15, 0.2) is 70.5 Å². The second-order valence-corrected chi connectivity index (χ2v) is 8.67. The quantitative estimate of drug-likeness (QED) is 0.418. The molecule has 0 aliphatic rings. The lowest BCUT2D eigenvalue weighted by molar-refractivity contribution is -0.151. The standard InChI is InChI=1S/C18H20O8S2/c1-2-24-18(19)17(26-28(22,23)16-11-7-4-8-12-16)13-14-25-27(20,21)15-9-5-3-6-10-15/h3-12,17H,2,13-14H2,1H3. The lowest BCUT2D eigenvalue weighted by Gasteiger charge is -2.16. The Balaban J connectivity index is 2.09. The molecule has 2 aromatic rings. The van der Waals surface area contributed by atoms with E-state index < -0.39 is 38.9 Å². The molecule has 28 heavy (non-hydrogen) atoms. The summed E-state index contributed by atoms with van der Waals surface area (Å²) in [4.78, 5) is 11.9. The smallest absolute Gasteiger partial charge is 0.336 e. The second-order valence-electron chi connectivity index (χ2n) is 5.48. The first-order chi connectivity index (χ1) is 13.3. The van der Waals surface area contributed by atoms with Crippen molar-refractivity contribution in [2.24, 2.45) is 0 Å². The maximum atomic E-state index is 12.3. The number of hydrogen-bond acceptors (Lipinski definition) is 8. The van der Waals surface area contributed by atoms with Gasteiger partial charge in [-0.25, -0.2) is 4.79 Å². The van der Waals surface area contributed by atoms with Crippen LogP contribution in [0.1, 0.15) is 13.3 Å². The van der Waals surface area contributed by atoms with Crippen LogP contribution >= 0.6 is 0 Å². The highest BCUT2D eigenvalue weighted by molar-refractivity contribution is 7.87. The lowest BCUT2D eigenvalue weighted by Crippen LogP contribution is -2.31. The number of hydrogen-bond donors (Lipinski definition) is 0. The van der Waals surface area contributed by atoms with Gasteiger partial charge in [-0.1, -0.05) is 36.4 Å². The van der Waals surface area contributed by atoms with Gasteiger partial charge in [-0.05, 0) is 31.2 Å². The summed E-state index contributed by atoms with van der Waals surface area (Å²) in [6, 6.07) is 14.7. The largest absolute Gasteiger partial charge is 0.464 e. The molecule has 0 amide bonds. The number of esters is 1. The van der Waals surface area contributed by atoms with Crippen LogP contribution in [0.5, 0.6) is 0 Å². The summed E-state index contributed by atoms with van der Waals surface area (Å²) >= 11 is 0. The van der Waals surface area contributed by atoms with Crippen molar-refractivity contribution in [3.05, 3.63) is 60.7 Å². The van der Waals surface area contributed by atoms with Gasteiger partial charge < -0.3 is 4.74 Å². The third-order valence-electron chi connectivity index (χ3n) is 3.47. The van der Waals surface area contributed by atoms with Crippen molar-refractivity contribution in [1.29, 1.82) is 0 Å². The van der Waals surface area contributed by atoms with Crippen molar-refractivity contribution in [2.75, 3.05) is 13.2 Å². The highest BCUT2D eigenvalue weighted by Gasteiger charge is 2.29. The zero-order valence-corrected chi connectivity index (χ0v) is 16.7. The Bertz CT molecular complexity index is 971. The minimum atomic E-state index is -4.25. The van der Waals surface area contributed by atoms with Crippen molar-refractivity contribution in [1.82, 2.24) is 0 Å². The summed E-state index contributed by atoms with van der Waals surface area (Å²) in [5, 5.41) is 0. The molecule has 1 unspecified atom stereocenters. The fourth-order valence-corrected chi connectivity index (χ4v) is 4.18. The highest BCUT2D eigenvalue weighted by Crippen LogP contribution is 2.18. The van der Waals surface area contributed by atoms with Gasteiger partial charge >= 0.3 is 5.97 Å². The Morgan fingerprint density at radius 3 is 1.86 bits per heavy atom. The number of ether oxygens (including phenoxy) is 1.